The van der Waals surface area contributed by atoms with Gasteiger partial charge in [-0.3, -0.25) is 9.36 Å². The Morgan fingerprint density at radius 1 is 1.15 bits per heavy atom. The van der Waals surface area contributed by atoms with Gasteiger partial charge in [-0.25, -0.2) is 24.9 Å². The molecule has 0 aliphatic heterocycles. The van der Waals surface area contributed by atoms with Gasteiger partial charge in [-0.05, 0) is 45.4 Å². The molecule has 2 fully saturated rings. The molecule has 0 N–H and O–H groups in total. The van der Waals surface area contributed by atoms with Crippen LogP contribution in [0, 0.1) is 12.8 Å². The Labute approximate surface area is 160 Å². The van der Waals surface area contributed by atoms with E-state index in [4.69, 9.17) is 16.6 Å². The van der Waals surface area contributed by atoms with Crippen molar-refractivity contribution in [2.75, 3.05) is 0 Å². The third-order valence-corrected chi connectivity index (χ3v) is 5.80. The molecular weight excluding hydrogens is 364 g/mol. The molecular formula is C19H19ClN6O. The van der Waals surface area contributed by atoms with Crippen LogP contribution in [0.1, 0.15) is 56.0 Å². The number of rotatable bonds is 4. The van der Waals surface area contributed by atoms with Gasteiger partial charge in [0.15, 0.2) is 16.6 Å². The first-order chi connectivity index (χ1) is 13.0. The first-order valence-corrected chi connectivity index (χ1v) is 9.69. The van der Waals surface area contributed by atoms with Crippen molar-refractivity contribution in [3.8, 4) is 11.4 Å². The van der Waals surface area contributed by atoms with Crippen molar-refractivity contribution in [1.29, 1.82) is 0 Å². The lowest BCUT2D eigenvalue weighted by atomic mass is 10.1. The number of nitrogens with zero attached hydrogens (tertiary/aromatic N) is 6. The van der Waals surface area contributed by atoms with Crippen molar-refractivity contribution < 1.29 is 0 Å². The van der Waals surface area contributed by atoms with Crippen LogP contribution in [0.4, 0.5) is 0 Å². The van der Waals surface area contributed by atoms with Crippen molar-refractivity contribution in [2.45, 2.75) is 51.5 Å². The second kappa shape index (κ2) is 6.05. The highest BCUT2D eigenvalue weighted by Gasteiger charge is 2.33. The Morgan fingerprint density at radius 3 is 2.63 bits per heavy atom. The van der Waals surface area contributed by atoms with Crippen LogP contribution in [0.2, 0.25) is 5.15 Å². The van der Waals surface area contributed by atoms with Gasteiger partial charge in [0.1, 0.15) is 11.8 Å². The second-order valence-electron chi connectivity index (χ2n) is 7.55. The number of fused-ring (bicyclic) bond motifs is 1. The second-order valence-corrected chi connectivity index (χ2v) is 7.91. The quantitative estimate of drug-likeness (QED) is 0.686. The molecule has 3 aromatic heterocycles. The highest BCUT2D eigenvalue weighted by molar-refractivity contribution is 6.29. The summed E-state index contributed by atoms with van der Waals surface area (Å²) in [7, 11) is 0. The van der Waals surface area contributed by atoms with Gasteiger partial charge in [0.25, 0.3) is 5.56 Å². The van der Waals surface area contributed by atoms with Gasteiger partial charge in [-0.15, -0.1) is 0 Å². The minimum atomic E-state index is -0.295. The minimum Gasteiger partial charge on any atom is -0.286 e. The van der Waals surface area contributed by atoms with Crippen LogP contribution >= 0.6 is 11.6 Å². The third kappa shape index (κ3) is 2.81. The molecule has 7 nitrogen and oxygen atoms in total. The lowest BCUT2D eigenvalue weighted by Crippen LogP contribution is -2.27. The summed E-state index contributed by atoms with van der Waals surface area (Å²) >= 11 is 6.10. The SMILES string of the molecule is Cc1ncnc(C2CC2)c1-c1ncc2nc(Cl)c(=O)n([C@@H](C)C3CC3)c2n1. The zero-order valence-electron chi connectivity index (χ0n) is 15.2. The minimum absolute atomic E-state index is 0.0271. The molecule has 3 heterocycles. The molecule has 0 radical (unpaired) electrons. The van der Waals surface area contributed by atoms with Gasteiger partial charge in [0, 0.05) is 12.0 Å². The van der Waals surface area contributed by atoms with Gasteiger partial charge in [-0.2, -0.15) is 0 Å². The lowest BCUT2D eigenvalue weighted by Gasteiger charge is -2.17. The van der Waals surface area contributed by atoms with Crippen molar-refractivity contribution in [3.05, 3.63) is 39.4 Å². The molecule has 8 heteroatoms. The molecule has 1 atom stereocenters. The molecule has 2 saturated carbocycles. The average Bonchev–Trinajstić information content (AvgIpc) is 3.55. The maximum atomic E-state index is 12.7. The molecule has 0 unspecified atom stereocenters. The number of aryl methyl sites for hydroxylation is 1. The van der Waals surface area contributed by atoms with E-state index in [1.54, 1.807) is 17.1 Å². The number of aromatic nitrogens is 6. The highest BCUT2D eigenvalue weighted by atomic mass is 35.5. The fourth-order valence-electron chi connectivity index (χ4n) is 3.69. The van der Waals surface area contributed by atoms with Gasteiger partial charge in [-0.1, -0.05) is 11.6 Å². The van der Waals surface area contributed by atoms with E-state index in [0.29, 0.717) is 28.8 Å². The monoisotopic (exact) mass is 382 g/mol. The predicted octanol–water partition coefficient (Wildman–Crippen LogP) is 3.45. The van der Waals surface area contributed by atoms with Crippen molar-refractivity contribution in [1.82, 2.24) is 29.5 Å². The molecule has 5 rings (SSSR count). The summed E-state index contributed by atoms with van der Waals surface area (Å²) in [4.78, 5) is 35.0. The largest absolute Gasteiger partial charge is 0.290 e. The van der Waals surface area contributed by atoms with Crippen LogP contribution in [0.15, 0.2) is 17.3 Å². The van der Waals surface area contributed by atoms with Gasteiger partial charge >= 0.3 is 0 Å². The van der Waals surface area contributed by atoms with E-state index >= 15 is 0 Å². The van der Waals surface area contributed by atoms with Crippen molar-refractivity contribution in [3.63, 3.8) is 0 Å². The summed E-state index contributed by atoms with van der Waals surface area (Å²) in [5, 5.41) is -0.0377. The van der Waals surface area contributed by atoms with E-state index in [0.717, 1.165) is 42.6 Å². The standard InChI is InChI=1S/C19H19ClN6O/c1-9-14(15(12-5-6-12)23-8-22-9)17-21-7-13-18(25-17)26(10(2)11-3-4-11)19(27)16(20)24-13/h7-8,10-12H,3-6H2,1-2H3/t10-/m0/s1. The van der Waals surface area contributed by atoms with Crippen LogP contribution in [0.3, 0.4) is 0 Å². The number of hydrogen-bond acceptors (Lipinski definition) is 6. The fourth-order valence-corrected chi connectivity index (χ4v) is 3.88. The van der Waals surface area contributed by atoms with Gasteiger partial charge < -0.3 is 0 Å². The predicted molar refractivity (Wildman–Crippen MR) is 102 cm³/mol. The molecule has 0 aromatic carbocycles. The zero-order valence-corrected chi connectivity index (χ0v) is 15.9. The molecule has 138 valence electrons. The maximum absolute atomic E-state index is 12.7. The van der Waals surface area contributed by atoms with E-state index in [-0.39, 0.29) is 16.8 Å². The summed E-state index contributed by atoms with van der Waals surface area (Å²) < 4.78 is 1.68. The molecule has 3 aromatic rings. The first-order valence-electron chi connectivity index (χ1n) is 9.31. The molecule has 27 heavy (non-hydrogen) atoms. The highest BCUT2D eigenvalue weighted by Crippen LogP contribution is 2.43. The van der Waals surface area contributed by atoms with Gasteiger partial charge in [0.05, 0.1) is 23.1 Å². The van der Waals surface area contributed by atoms with E-state index in [1.165, 1.54) is 0 Å². The van der Waals surface area contributed by atoms with E-state index in [2.05, 4.69) is 19.9 Å². The summed E-state index contributed by atoms with van der Waals surface area (Å²) in [6.45, 7) is 3.99. The smallest absolute Gasteiger partial charge is 0.286 e. The van der Waals surface area contributed by atoms with E-state index in [1.807, 2.05) is 13.8 Å². The average molecular weight is 383 g/mol. The van der Waals surface area contributed by atoms with Crippen LogP contribution in [-0.2, 0) is 0 Å². The zero-order chi connectivity index (χ0) is 18.7. The first kappa shape index (κ1) is 16.7. The summed E-state index contributed by atoms with van der Waals surface area (Å²) in [6.07, 6.45) is 7.71. The summed E-state index contributed by atoms with van der Waals surface area (Å²) in [6, 6.07) is 0.0271. The molecule has 0 spiro atoms. The Hall–Kier alpha value is -2.41. The van der Waals surface area contributed by atoms with Crippen LogP contribution in [0.5, 0.6) is 0 Å². The molecule has 2 aliphatic rings. The topological polar surface area (TPSA) is 86.5 Å². The molecule has 0 amide bonds. The number of hydrogen-bond donors (Lipinski definition) is 0. The Bertz CT molecular complexity index is 1120. The molecule has 2 aliphatic carbocycles. The van der Waals surface area contributed by atoms with Gasteiger partial charge in [0.2, 0.25) is 0 Å². The Balaban J connectivity index is 1.76. The Kier molecular flexibility index (Phi) is 3.75. The Morgan fingerprint density at radius 2 is 1.93 bits per heavy atom. The summed E-state index contributed by atoms with van der Waals surface area (Å²) in [5.74, 6) is 1.46. The fraction of sp³-hybridized carbons (Fsp3) is 0.474. The number of halogens is 1. The molecule has 0 bridgehead atoms. The van der Waals surface area contributed by atoms with Crippen molar-refractivity contribution in [2.24, 2.45) is 5.92 Å². The summed E-state index contributed by atoms with van der Waals surface area (Å²) in [5.41, 5.74) is 3.47. The van der Waals surface area contributed by atoms with Crippen LogP contribution in [0.25, 0.3) is 22.6 Å². The molecule has 0 saturated heterocycles. The van der Waals surface area contributed by atoms with Crippen LogP contribution in [-0.4, -0.2) is 29.5 Å². The van der Waals surface area contributed by atoms with E-state index in [9.17, 15) is 4.79 Å². The lowest BCUT2D eigenvalue weighted by molar-refractivity contribution is 0.482. The normalized spacial score (nSPS) is 18.0. The van der Waals surface area contributed by atoms with E-state index < -0.39 is 0 Å². The van der Waals surface area contributed by atoms with Crippen LogP contribution < -0.4 is 5.56 Å². The third-order valence-electron chi connectivity index (χ3n) is 5.56. The maximum Gasteiger partial charge on any atom is 0.290 e. The van der Waals surface area contributed by atoms with Crippen molar-refractivity contribution >= 4 is 22.8 Å².